The number of amides is 2. The third-order valence-corrected chi connectivity index (χ3v) is 6.52. The molecular formula is C29H24ClN9O4. The highest BCUT2D eigenvalue weighted by Gasteiger charge is 2.19. The zero-order valence-corrected chi connectivity index (χ0v) is 23.4. The number of hydrogen-bond acceptors (Lipinski definition) is 9. The second-order valence-corrected chi connectivity index (χ2v) is 9.58. The second kappa shape index (κ2) is 13.3. The van der Waals surface area contributed by atoms with Crippen molar-refractivity contribution in [1.29, 1.82) is 0 Å². The first-order valence-electron chi connectivity index (χ1n) is 12.8. The number of ether oxygens (including phenoxy) is 1. The largest absolute Gasteiger partial charge is 0.453 e. The van der Waals surface area contributed by atoms with Gasteiger partial charge in [0.1, 0.15) is 6.33 Å². The summed E-state index contributed by atoms with van der Waals surface area (Å²) in [5.74, 6) is -0.413. The van der Waals surface area contributed by atoms with E-state index < -0.39 is 23.6 Å². The summed E-state index contributed by atoms with van der Waals surface area (Å²) in [7, 11) is 1.27. The van der Waals surface area contributed by atoms with E-state index in [0.29, 0.717) is 45.2 Å². The van der Waals surface area contributed by atoms with E-state index in [1.54, 1.807) is 73.1 Å². The summed E-state index contributed by atoms with van der Waals surface area (Å²) in [6.45, 7) is 0. The molecule has 13 nitrogen and oxygen atoms in total. The molecule has 2 amide bonds. The number of hydrogen-bond donors (Lipinski definition) is 3. The van der Waals surface area contributed by atoms with E-state index in [9.17, 15) is 14.4 Å². The Hall–Kier alpha value is -5.69. The van der Waals surface area contributed by atoms with Crippen molar-refractivity contribution in [3.63, 3.8) is 0 Å². The van der Waals surface area contributed by atoms with Crippen molar-refractivity contribution in [3.05, 3.63) is 118 Å². The van der Waals surface area contributed by atoms with Crippen molar-refractivity contribution < 1.29 is 14.3 Å². The molecule has 0 fully saturated rings. The van der Waals surface area contributed by atoms with E-state index in [2.05, 4.69) is 46.1 Å². The van der Waals surface area contributed by atoms with Gasteiger partial charge in [-0.05, 0) is 76.5 Å². The monoisotopic (exact) mass is 597 g/mol. The zero-order chi connectivity index (χ0) is 30.2. The number of tetrazole rings is 1. The first-order valence-corrected chi connectivity index (χ1v) is 13.2. The highest BCUT2D eigenvalue weighted by Crippen LogP contribution is 2.23. The molecule has 0 aliphatic carbocycles. The normalized spacial score (nSPS) is 11.7. The maximum Gasteiger partial charge on any atom is 0.411 e. The van der Waals surface area contributed by atoms with Crippen LogP contribution in [0, 0.1) is 0 Å². The molecule has 0 aliphatic heterocycles. The fourth-order valence-electron chi connectivity index (χ4n) is 4.22. The maximum atomic E-state index is 13.2. The smallest absolute Gasteiger partial charge is 0.411 e. The average Bonchev–Trinajstić information content (AvgIpc) is 3.56. The van der Waals surface area contributed by atoms with Gasteiger partial charge >= 0.3 is 6.09 Å². The molecule has 3 N–H and O–H groups in total. The molecule has 5 rings (SSSR count). The Morgan fingerprint density at radius 3 is 2.70 bits per heavy atom. The molecule has 0 radical (unpaired) electrons. The lowest BCUT2D eigenvalue weighted by atomic mass is 10.0. The van der Waals surface area contributed by atoms with Crippen LogP contribution in [0.1, 0.15) is 22.9 Å². The van der Waals surface area contributed by atoms with Crippen LogP contribution in [0.25, 0.3) is 22.9 Å². The number of nitrogens with one attached hydrogen (secondary N) is 3. The molecule has 2 aromatic carbocycles. The third kappa shape index (κ3) is 7.34. The van der Waals surface area contributed by atoms with Crippen molar-refractivity contribution in [3.8, 4) is 16.8 Å². The topological polar surface area (TPSA) is 170 Å². The van der Waals surface area contributed by atoms with Crippen molar-refractivity contribution in [2.45, 2.75) is 12.5 Å². The Morgan fingerprint density at radius 2 is 1.98 bits per heavy atom. The molecule has 5 aromatic rings. The van der Waals surface area contributed by atoms with E-state index in [1.807, 2.05) is 6.07 Å². The van der Waals surface area contributed by atoms with Crippen LogP contribution in [0.4, 0.5) is 10.5 Å². The number of aromatic nitrogens is 7. The second-order valence-electron chi connectivity index (χ2n) is 9.15. The molecular weight excluding hydrogens is 574 g/mol. The van der Waals surface area contributed by atoms with Crippen LogP contribution in [0.3, 0.4) is 0 Å². The van der Waals surface area contributed by atoms with Crippen molar-refractivity contribution >= 4 is 35.4 Å². The summed E-state index contributed by atoms with van der Waals surface area (Å²) in [5.41, 5.74) is 3.52. The van der Waals surface area contributed by atoms with Crippen LogP contribution in [-0.4, -0.2) is 54.5 Å². The van der Waals surface area contributed by atoms with Crippen molar-refractivity contribution in [2.75, 3.05) is 12.4 Å². The van der Waals surface area contributed by atoms with Gasteiger partial charge in [0.15, 0.2) is 0 Å². The highest BCUT2D eigenvalue weighted by atomic mass is 35.5. The lowest BCUT2D eigenvalue weighted by Crippen LogP contribution is -2.30. The van der Waals surface area contributed by atoms with Crippen molar-refractivity contribution in [1.82, 2.24) is 40.7 Å². The van der Waals surface area contributed by atoms with E-state index in [4.69, 9.17) is 11.6 Å². The van der Waals surface area contributed by atoms with Gasteiger partial charge in [-0.2, -0.15) is 9.78 Å². The number of methoxy groups -OCH3 is 1. The van der Waals surface area contributed by atoms with Crippen LogP contribution in [0.2, 0.25) is 5.02 Å². The number of H-pyrrole nitrogens is 1. The quantitative estimate of drug-likeness (QED) is 0.214. The Balaban J connectivity index is 1.42. The third-order valence-electron chi connectivity index (χ3n) is 6.29. The molecule has 0 spiro atoms. The molecule has 0 saturated heterocycles. The minimum atomic E-state index is -0.629. The number of rotatable bonds is 9. The molecule has 1 atom stereocenters. The number of anilines is 1. The summed E-state index contributed by atoms with van der Waals surface area (Å²) < 4.78 is 6.07. The first-order chi connectivity index (χ1) is 20.9. The molecule has 0 unspecified atom stereocenters. The molecule has 0 aliphatic rings. The van der Waals surface area contributed by atoms with Crippen molar-refractivity contribution in [2.24, 2.45) is 0 Å². The molecule has 14 heteroatoms. The minimum absolute atomic E-state index is 0.334. The highest BCUT2D eigenvalue weighted by molar-refractivity contribution is 6.30. The predicted molar refractivity (Wildman–Crippen MR) is 158 cm³/mol. The molecule has 3 heterocycles. The number of pyridine rings is 1. The van der Waals surface area contributed by atoms with E-state index in [-0.39, 0.29) is 0 Å². The van der Waals surface area contributed by atoms with Gasteiger partial charge in [0.2, 0.25) is 5.91 Å². The van der Waals surface area contributed by atoms with Gasteiger partial charge in [-0.3, -0.25) is 19.9 Å². The number of carbonyl (C=O) groups excluding carboxylic acids is 2. The summed E-state index contributed by atoms with van der Waals surface area (Å²) in [6, 6.07) is 16.5. The summed E-state index contributed by atoms with van der Waals surface area (Å²) in [5, 5.41) is 24.0. The Kier molecular flexibility index (Phi) is 8.93. The standard InChI is InChI=1S/C29H24ClN9O4/c1-43-29(42)33-22-8-4-19(5-9-22)23-15-25(35-36-28(23)41)24(13-18-3-2-12-31-16-18)34-27(40)11-6-20-14-21(30)7-10-26(20)39-17-32-37-38-39/h2-12,14-17,24H,13H2,1H3,(H,33,42)(H,34,40)(H,36,41)/t24-/m0/s1. The average molecular weight is 598 g/mol. The fraction of sp³-hybridized carbons (Fsp3) is 0.103. The number of carbonyl (C=O) groups is 2. The van der Waals surface area contributed by atoms with Crippen LogP contribution < -0.4 is 16.2 Å². The van der Waals surface area contributed by atoms with Gasteiger partial charge in [0, 0.05) is 34.7 Å². The summed E-state index contributed by atoms with van der Waals surface area (Å²) in [4.78, 5) is 41.6. The van der Waals surface area contributed by atoms with E-state index in [1.165, 1.54) is 24.2 Å². The van der Waals surface area contributed by atoms with Gasteiger partial charge in [-0.25, -0.2) is 9.89 Å². The van der Waals surface area contributed by atoms with Gasteiger partial charge in [0.25, 0.3) is 5.56 Å². The van der Waals surface area contributed by atoms with Crippen LogP contribution in [0.15, 0.2) is 90.3 Å². The van der Waals surface area contributed by atoms with Gasteiger partial charge < -0.3 is 10.1 Å². The minimum Gasteiger partial charge on any atom is -0.453 e. The molecule has 3 aromatic heterocycles. The number of benzene rings is 2. The first kappa shape index (κ1) is 28.8. The van der Waals surface area contributed by atoms with Gasteiger partial charge in [-0.1, -0.05) is 29.8 Å². The van der Waals surface area contributed by atoms with Crippen LogP contribution in [0.5, 0.6) is 0 Å². The fourth-order valence-corrected chi connectivity index (χ4v) is 4.41. The molecule has 43 heavy (non-hydrogen) atoms. The lowest BCUT2D eigenvalue weighted by molar-refractivity contribution is -0.117. The van der Waals surface area contributed by atoms with Gasteiger partial charge in [0.05, 0.1) is 30.1 Å². The lowest BCUT2D eigenvalue weighted by Gasteiger charge is -2.18. The Bertz CT molecular complexity index is 1810. The molecule has 0 saturated carbocycles. The van der Waals surface area contributed by atoms with E-state index in [0.717, 1.165) is 5.56 Å². The molecule has 216 valence electrons. The maximum absolute atomic E-state index is 13.2. The Labute approximate surface area is 249 Å². The SMILES string of the molecule is COC(=O)Nc1ccc(-c2cc([C@H](Cc3cccnc3)NC(=O)C=Cc3cc(Cl)ccc3-n3cnnn3)n[nH]c2=O)cc1. The summed E-state index contributed by atoms with van der Waals surface area (Å²) in [6.07, 6.45) is 7.50. The number of aromatic amines is 1. The van der Waals surface area contributed by atoms with Crippen LogP contribution in [-0.2, 0) is 16.0 Å². The predicted octanol–water partition coefficient (Wildman–Crippen LogP) is 3.75. The van der Waals surface area contributed by atoms with Crippen LogP contribution >= 0.6 is 11.6 Å². The molecule has 0 bridgehead atoms. The number of nitrogens with zero attached hydrogens (tertiary/aromatic N) is 6. The Morgan fingerprint density at radius 1 is 1.14 bits per heavy atom. The number of halogens is 1. The summed E-state index contributed by atoms with van der Waals surface area (Å²) >= 11 is 6.20. The van der Waals surface area contributed by atoms with Gasteiger partial charge in [-0.15, -0.1) is 5.10 Å². The zero-order valence-electron chi connectivity index (χ0n) is 22.6. The van der Waals surface area contributed by atoms with E-state index >= 15 is 0 Å².